The molecule has 0 saturated carbocycles. The number of urea groups is 1. The summed E-state index contributed by atoms with van der Waals surface area (Å²) >= 11 is 3.69. The second-order valence-corrected chi connectivity index (χ2v) is 6.60. The van der Waals surface area contributed by atoms with Gasteiger partial charge in [-0.2, -0.15) is 11.8 Å². The smallest absolute Gasteiger partial charge is 0.318 e. The number of thioether (sulfide) groups is 1. The number of carbonyl (C=O) groups is 1. The SMILES string of the molecule is O=C(NCc1cccs1)N1C[C@H]2C[C@H]1CS2. The fourth-order valence-corrected chi connectivity index (χ4v) is 4.40. The summed E-state index contributed by atoms with van der Waals surface area (Å²) in [5, 5.41) is 5.73. The lowest BCUT2D eigenvalue weighted by Crippen LogP contribution is -2.45. The largest absolute Gasteiger partial charge is 0.333 e. The molecule has 1 aromatic rings. The molecule has 0 aliphatic carbocycles. The third-order valence-electron chi connectivity index (χ3n) is 3.16. The zero-order valence-corrected chi connectivity index (χ0v) is 10.5. The highest BCUT2D eigenvalue weighted by Crippen LogP contribution is 2.37. The molecule has 16 heavy (non-hydrogen) atoms. The number of rotatable bonds is 2. The molecule has 2 aliphatic heterocycles. The van der Waals surface area contributed by atoms with Gasteiger partial charge in [-0.25, -0.2) is 4.79 Å². The maximum Gasteiger partial charge on any atom is 0.318 e. The molecule has 2 saturated heterocycles. The van der Waals surface area contributed by atoms with Crippen molar-refractivity contribution in [1.29, 1.82) is 0 Å². The van der Waals surface area contributed by atoms with E-state index in [-0.39, 0.29) is 6.03 Å². The van der Waals surface area contributed by atoms with Crippen LogP contribution in [0.4, 0.5) is 4.79 Å². The van der Waals surface area contributed by atoms with E-state index in [0.717, 1.165) is 12.3 Å². The molecule has 3 nitrogen and oxygen atoms in total. The third-order valence-corrected chi connectivity index (χ3v) is 5.42. The van der Waals surface area contributed by atoms with Crippen LogP contribution < -0.4 is 5.32 Å². The highest BCUT2D eigenvalue weighted by Gasteiger charge is 2.40. The van der Waals surface area contributed by atoms with E-state index >= 15 is 0 Å². The van der Waals surface area contributed by atoms with Crippen LogP contribution in [0.15, 0.2) is 17.5 Å². The van der Waals surface area contributed by atoms with E-state index in [1.54, 1.807) is 11.3 Å². The van der Waals surface area contributed by atoms with E-state index in [2.05, 4.69) is 11.4 Å². The van der Waals surface area contributed by atoms with E-state index in [0.29, 0.717) is 17.8 Å². The van der Waals surface area contributed by atoms with Gasteiger partial charge in [0, 0.05) is 28.5 Å². The molecular weight excluding hydrogens is 240 g/mol. The summed E-state index contributed by atoms with van der Waals surface area (Å²) in [5.74, 6) is 1.12. The minimum atomic E-state index is 0.112. The lowest BCUT2D eigenvalue weighted by molar-refractivity contribution is 0.196. The van der Waals surface area contributed by atoms with E-state index < -0.39 is 0 Å². The van der Waals surface area contributed by atoms with Gasteiger partial charge in [-0.3, -0.25) is 0 Å². The zero-order valence-electron chi connectivity index (χ0n) is 8.89. The highest BCUT2D eigenvalue weighted by atomic mass is 32.2. The van der Waals surface area contributed by atoms with Gasteiger partial charge < -0.3 is 10.2 Å². The summed E-state index contributed by atoms with van der Waals surface area (Å²) in [4.78, 5) is 15.2. The van der Waals surface area contributed by atoms with Gasteiger partial charge in [-0.1, -0.05) is 6.07 Å². The lowest BCUT2D eigenvalue weighted by atomic mass is 10.2. The van der Waals surface area contributed by atoms with Gasteiger partial charge in [0.15, 0.2) is 0 Å². The van der Waals surface area contributed by atoms with Crippen LogP contribution >= 0.6 is 23.1 Å². The number of likely N-dealkylation sites (tertiary alicyclic amines) is 1. The van der Waals surface area contributed by atoms with E-state index in [1.165, 1.54) is 11.3 Å². The minimum absolute atomic E-state index is 0.112. The first-order valence-electron chi connectivity index (χ1n) is 5.51. The van der Waals surface area contributed by atoms with Crippen LogP contribution in [0.5, 0.6) is 0 Å². The Bertz CT molecular complexity index is 379. The number of nitrogens with one attached hydrogen (secondary N) is 1. The second kappa shape index (κ2) is 4.30. The first-order valence-corrected chi connectivity index (χ1v) is 7.44. The first kappa shape index (κ1) is 10.5. The van der Waals surface area contributed by atoms with Crippen molar-refractivity contribution in [1.82, 2.24) is 10.2 Å². The first-order chi connectivity index (χ1) is 7.83. The summed E-state index contributed by atoms with van der Waals surface area (Å²) in [6, 6.07) is 4.66. The van der Waals surface area contributed by atoms with Crippen LogP contribution in [0, 0.1) is 0 Å². The van der Waals surface area contributed by atoms with Crippen molar-refractivity contribution in [2.45, 2.75) is 24.3 Å². The van der Waals surface area contributed by atoms with Gasteiger partial charge in [-0.05, 0) is 17.9 Å². The topological polar surface area (TPSA) is 32.3 Å². The molecule has 2 aliphatic rings. The quantitative estimate of drug-likeness (QED) is 0.877. The van der Waals surface area contributed by atoms with Gasteiger partial charge in [0.25, 0.3) is 0 Å². The molecule has 2 fully saturated rings. The molecule has 2 bridgehead atoms. The van der Waals surface area contributed by atoms with Crippen LogP contribution in [-0.4, -0.2) is 34.5 Å². The number of hydrogen-bond donors (Lipinski definition) is 1. The Balaban J connectivity index is 1.54. The Kier molecular flexibility index (Phi) is 2.81. The molecule has 2 atom stereocenters. The number of amides is 2. The third kappa shape index (κ3) is 1.94. The normalized spacial score (nSPS) is 27.4. The molecule has 3 rings (SSSR count). The Hall–Kier alpha value is -0.680. The lowest BCUT2D eigenvalue weighted by Gasteiger charge is -2.26. The summed E-state index contributed by atoms with van der Waals surface area (Å²) in [7, 11) is 0. The molecule has 0 unspecified atom stereocenters. The van der Waals surface area contributed by atoms with Crippen LogP contribution in [-0.2, 0) is 6.54 Å². The van der Waals surface area contributed by atoms with Crippen molar-refractivity contribution < 1.29 is 4.79 Å². The molecule has 86 valence electrons. The fourth-order valence-electron chi connectivity index (χ4n) is 2.33. The van der Waals surface area contributed by atoms with Gasteiger partial charge in [-0.15, -0.1) is 11.3 Å². The monoisotopic (exact) mass is 254 g/mol. The zero-order chi connectivity index (χ0) is 11.0. The Morgan fingerprint density at radius 1 is 1.62 bits per heavy atom. The van der Waals surface area contributed by atoms with Crippen molar-refractivity contribution in [2.75, 3.05) is 12.3 Å². The summed E-state index contributed by atoms with van der Waals surface area (Å²) < 4.78 is 0. The highest BCUT2D eigenvalue weighted by molar-refractivity contribution is 8.00. The Labute approximate surface area is 103 Å². The second-order valence-electron chi connectivity index (χ2n) is 4.24. The number of carbonyl (C=O) groups excluding carboxylic acids is 1. The van der Waals surface area contributed by atoms with Crippen molar-refractivity contribution >= 4 is 29.1 Å². The summed E-state index contributed by atoms with van der Waals surface area (Å²) in [5.41, 5.74) is 0. The molecule has 1 aromatic heterocycles. The van der Waals surface area contributed by atoms with Gasteiger partial charge in [0.2, 0.25) is 0 Å². The van der Waals surface area contributed by atoms with Gasteiger partial charge >= 0.3 is 6.03 Å². The van der Waals surface area contributed by atoms with Crippen molar-refractivity contribution in [3.05, 3.63) is 22.4 Å². The summed E-state index contributed by atoms with van der Waals surface area (Å²) in [6.45, 7) is 1.60. The van der Waals surface area contributed by atoms with Crippen LogP contribution in [0.2, 0.25) is 0 Å². The molecular formula is C11H14N2OS2. The van der Waals surface area contributed by atoms with Crippen LogP contribution in [0.1, 0.15) is 11.3 Å². The van der Waals surface area contributed by atoms with E-state index in [4.69, 9.17) is 0 Å². The minimum Gasteiger partial charge on any atom is -0.333 e. The van der Waals surface area contributed by atoms with Gasteiger partial charge in [0.1, 0.15) is 0 Å². The van der Waals surface area contributed by atoms with Crippen molar-refractivity contribution in [3.63, 3.8) is 0 Å². The maximum absolute atomic E-state index is 11.9. The number of fused-ring (bicyclic) bond motifs is 2. The molecule has 0 radical (unpaired) electrons. The Morgan fingerprint density at radius 2 is 2.56 bits per heavy atom. The predicted molar refractivity (Wildman–Crippen MR) is 67.9 cm³/mol. The average molecular weight is 254 g/mol. The summed E-state index contributed by atoms with van der Waals surface area (Å²) in [6.07, 6.45) is 1.19. The van der Waals surface area contributed by atoms with Crippen molar-refractivity contribution in [2.24, 2.45) is 0 Å². The van der Waals surface area contributed by atoms with Crippen molar-refractivity contribution in [3.8, 4) is 0 Å². The number of hydrogen-bond acceptors (Lipinski definition) is 3. The Morgan fingerprint density at radius 3 is 3.19 bits per heavy atom. The van der Waals surface area contributed by atoms with E-state index in [9.17, 15) is 4.79 Å². The predicted octanol–water partition coefficient (Wildman–Crippen LogP) is 2.15. The average Bonchev–Trinajstić information content (AvgIpc) is 3.01. The molecule has 0 spiro atoms. The molecule has 2 amide bonds. The fraction of sp³-hybridized carbons (Fsp3) is 0.545. The molecule has 3 heterocycles. The molecule has 0 aromatic carbocycles. The number of nitrogens with zero attached hydrogens (tertiary/aromatic N) is 1. The van der Waals surface area contributed by atoms with Crippen LogP contribution in [0.3, 0.4) is 0 Å². The van der Waals surface area contributed by atoms with E-state index in [1.807, 2.05) is 28.1 Å². The van der Waals surface area contributed by atoms with Gasteiger partial charge in [0.05, 0.1) is 6.54 Å². The maximum atomic E-state index is 11.9. The molecule has 1 N–H and O–H groups in total. The van der Waals surface area contributed by atoms with Crippen LogP contribution in [0.25, 0.3) is 0 Å². The standard InChI is InChI=1S/C11H14N2OS2/c14-11(12-5-9-2-1-3-15-9)13-6-10-4-8(13)7-16-10/h1-3,8,10H,4-7H2,(H,12,14)/t8-,10+/m0/s1. The number of thiophene rings is 1. The molecule has 5 heteroatoms.